The van der Waals surface area contributed by atoms with E-state index in [1.54, 1.807) is 24.5 Å². The largest absolute Gasteiger partial charge is 0.508 e. The first-order valence-electron chi connectivity index (χ1n) is 4.25. The van der Waals surface area contributed by atoms with Gasteiger partial charge in [0.2, 0.25) is 0 Å². The molecule has 0 bridgehead atoms. The summed E-state index contributed by atoms with van der Waals surface area (Å²) in [4.78, 5) is 4.20. The molecule has 4 nitrogen and oxygen atoms in total. The third-order valence-corrected chi connectivity index (χ3v) is 2.28. The number of pyridine rings is 1. The number of H-pyrrole nitrogens is 1. The van der Waals surface area contributed by atoms with E-state index >= 15 is 0 Å². The number of fused-ring (bicyclic) bond motifs is 3. The van der Waals surface area contributed by atoms with Crippen molar-refractivity contribution in [3.05, 3.63) is 30.6 Å². The summed E-state index contributed by atoms with van der Waals surface area (Å²) in [6, 6.07) is 5.20. The molecular weight excluding hydrogens is 178 g/mol. The quantitative estimate of drug-likeness (QED) is 0.561. The van der Waals surface area contributed by atoms with Crippen molar-refractivity contribution in [2.75, 3.05) is 0 Å². The van der Waals surface area contributed by atoms with Crippen molar-refractivity contribution in [3.63, 3.8) is 0 Å². The molecule has 1 aromatic carbocycles. The van der Waals surface area contributed by atoms with Crippen molar-refractivity contribution in [1.82, 2.24) is 15.2 Å². The van der Waals surface area contributed by atoms with Gasteiger partial charge in [-0.15, -0.1) is 0 Å². The van der Waals surface area contributed by atoms with Gasteiger partial charge in [-0.2, -0.15) is 5.10 Å². The summed E-state index contributed by atoms with van der Waals surface area (Å²) in [5, 5.41) is 19.0. The summed E-state index contributed by atoms with van der Waals surface area (Å²) in [5.41, 5.74) is 0.739. The summed E-state index contributed by atoms with van der Waals surface area (Å²) in [6.07, 6.45) is 3.47. The fourth-order valence-electron chi connectivity index (χ4n) is 1.60. The van der Waals surface area contributed by atoms with Crippen LogP contribution < -0.4 is 0 Å². The Kier molecular flexibility index (Phi) is 1.28. The molecule has 14 heavy (non-hydrogen) atoms. The maximum Gasteiger partial charge on any atom is 0.155 e. The normalized spacial score (nSPS) is 11.1. The molecule has 0 radical (unpaired) electrons. The van der Waals surface area contributed by atoms with E-state index in [4.69, 9.17) is 0 Å². The highest BCUT2D eigenvalue weighted by molar-refractivity contribution is 6.04. The minimum atomic E-state index is 0.256. The molecule has 0 spiro atoms. The van der Waals surface area contributed by atoms with E-state index in [1.807, 2.05) is 6.07 Å². The fourth-order valence-corrected chi connectivity index (χ4v) is 1.60. The summed E-state index contributed by atoms with van der Waals surface area (Å²) < 4.78 is 0. The van der Waals surface area contributed by atoms with E-state index in [9.17, 15) is 5.11 Å². The van der Waals surface area contributed by atoms with E-state index in [0.717, 1.165) is 21.8 Å². The van der Waals surface area contributed by atoms with Crippen LogP contribution in [0.5, 0.6) is 5.75 Å². The van der Waals surface area contributed by atoms with Gasteiger partial charge in [-0.05, 0) is 23.6 Å². The topological polar surface area (TPSA) is 61.8 Å². The Bertz CT molecular complexity index is 615. The average molecular weight is 185 g/mol. The van der Waals surface area contributed by atoms with Gasteiger partial charge in [-0.25, -0.2) is 4.98 Å². The molecule has 2 heterocycles. The number of phenolic OH excluding ortho intramolecular Hbond substituents is 1. The highest BCUT2D eigenvalue weighted by atomic mass is 16.3. The van der Waals surface area contributed by atoms with Crippen LogP contribution >= 0.6 is 0 Å². The molecule has 0 amide bonds. The maximum absolute atomic E-state index is 9.38. The Morgan fingerprint density at radius 1 is 1.14 bits per heavy atom. The number of hydrogen-bond donors (Lipinski definition) is 2. The smallest absolute Gasteiger partial charge is 0.155 e. The SMILES string of the molecule is Oc1ccc2cnc3[nH]ncc3c2c1. The zero-order valence-corrected chi connectivity index (χ0v) is 7.23. The summed E-state index contributed by atoms with van der Waals surface area (Å²) >= 11 is 0. The molecule has 2 N–H and O–H groups in total. The van der Waals surface area contributed by atoms with Crippen LogP contribution in [0.15, 0.2) is 30.6 Å². The molecular formula is C10H7N3O. The number of aromatic amines is 1. The van der Waals surface area contributed by atoms with Crippen molar-refractivity contribution in [1.29, 1.82) is 0 Å². The van der Waals surface area contributed by atoms with Crippen LogP contribution in [0, 0.1) is 0 Å². The first kappa shape index (κ1) is 7.32. The van der Waals surface area contributed by atoms with Crippen LogP contribution in [0.25, 0.3) is 21.8 Å². The van der Waals surface area contributed by atoms with Crippen molar-refractivity contribution in [2.45, 2.75) is 0 Å². The van der Waals surface area contributed by atoms with Gasteiger partial charge in [0.1, 0.15) is 5.75 Å². The summed E-state index contributed by atoms with van der Waals surface area (Å²) in [6.45, 7) is 0. The lowest BCUT2D eigenvalue weighted by Gasteiger charge is -1.98. The average Bonchev–Trinajstić information content (AvgIpc) is 2.65. The molecule has 0 fully saturated rings. The molecule has 4 heteroatoms. The maximum atomic E-state index is 9.38. The van der Waals surface area contributed by atoms with Crippen LogP contribution in [0.4, 0.5) is 0 Å². The van der Waals surface area contributed by atoms with Gasteiger partial charge in [0.15, 0.2) is 5.65 Å². The second kappa shape index (κ2) is 2.45. The van der Waals surface area contributed by atoms with Crippen molar-refractivity contribution >= 4 is 21.8 Å². The van der Waals surface area contributed by atoms with Crippen LogP contribution in [-0.2, 0) is 0 Å². The molecule has 0 aliphatic carbocycles. The van der Waals surface area contributed by atoms with Crippen molar-refractivity contribution in [3.8, 4) is 5.75 Å². The second-order valence-corrected chi connectivity index (χ2v) is 3.16. The molecule has 3 aromatic rings. The number of hydrogen-bond acceptors (Lipinski definition) is 3. The Balaban J connectivity index is 2.60. The first-order valence-corrected chi connectivity index (χ1v) is 4.25. The number of nitrogens with one attached hydrogen (secondary N) is 1. The fraction of sp³-hybridized carbons (Fsp3) is 0. The summed E-state index contributed by atoms with van der Waals surface area (Å²) in [5.74, 6) is 0.256. The number of nitrogens with zero attached hydrogens (tertiary/aromatic N) is 2. The molecule has 2 aromatic heterocycles. The van der Waals surface area contributed by atoms with E-state index in [1.165, 1.54) is 0 Å². The minimum Gasteiger partial charge on any atom is -0.508 e. The Labute approximate surface area is 79.2 Å². The van der Waals surface area contributed by atoms with Crippen molar-refractivity contribution in [2.24, 2.45) is 0 Å². The predicted octanol–water partition coefficient (Wildman–Crippen LogP) is 1.82. The van der Waals surface area contributed by atoms with E-state index in [2.05, 4.69) is 15.2 Å². The molecule has 0 unspecified atom stereocenters. The second-order valence-electron chi connectivity index (χ2n) is 3.16. The highest BCUT2D eigenvalue weighted by Gasteiger charge is 2.03. The lowest BCUT2D eigenvalue weighted by molar-refractivity contribution is 0.476. The molecule has 0 saturated carbocycles. The number of phenols is 1. The number of benzene rings is 1. The lowest BCUT2D eigenvalue weighted by Crippen LogP contribution is -1.79. The minimum absolute atomic E-state index is 0.256. The molecule has 0 aliphatic heterocycles. The molecule has 0 atom stereocenters. The Hall–Kier alpha value is -2.10. The van der Waals surface area contributed by atoms with Gasteiger partial charge in [-0.3, -0.25) is 5.10 Å². The standard InChI is InChI=1S/C10H7N3O/c14-7-2-1-6-4-11-10-9(5-12-13-10)8(6)3-7/h1-5,14H,(H,11,12,13). The first-order chi connectivity index (χ1) is 6.84. The van der Waals surface area contributed by atoms with E-state index in [0.29, 0.717) is 0 Å². The Morgan fingerprint density at radius 2 is 2.07 bits per heavy atom. The van der Waals surface area contributed by atoms with Crippen LogP contribution in [-0.4, -0.2) is 20.3 Å². The Morgan fingerprint density at radius 3 is 3.00 bits per heavy atom. The zero-order chi connectivity index (χ0) is 9.54. The van der Waals surface area contributed by atoms with Gasteiger partial charge in [-0.1, -0.05) is 0 Å². The number of rotatable bonds is 0. The lowest BCUT2D eigenvalue weighted by atomic mass is 10.1. The van der Waals surface area contributed by atoms with Crippen LogP contribution in [0.2, 0.25) is 0 Å². The molecule has 0 saturated heterocycles. The monoisotopic (exact) mass is 185 g/mol. The van der Waals surface area contributed by atoms with Gasteiger partial charge in [0.25, 0.3) is 0 Å². The van der Waals surface area contributed by atoms with Crippen LogP contribution in [0.1, 0.15) is 0 Å². The van der Waals surface area contributed by atoms with Crippen LogP contribution in [0.3, 0.4) is 0 Å². The van der Waals surface area contributed by atoms with Gasteiger partial charge in [0, 0.05) is 17.0 Å². The van der Waals surface area contributed by atoms with Gasteiger partial charge >= 0.3 is 0 Å². The number of aromatic nitrogens is 3. The van der Waals surface area contributed by atoms with Gasteiger partial charge in [0.05, 0.1) is 6.20 Å². The van der Waals surface area contributed by atoms with E-state index < -0.39 is 0 Å². The molecule has 0 aliphatic rings. The summed E-state index contributed by atoms with van der Waals surface area (Å²) in [7, 11) is 0. The third-order valence-electron chi connectivity index (χ3n) is 2.28. The zero-order valence-electron chi connectivity index (χ0n) is 7.23. The van der Waals surface area contributed by atoms with E-state index in [-0.39, 0.29) is 5.75 Å². The molecule has 3 rings (SSSR count). The predicted molar refractivity (Wildman–Crippen MR) is 53.1 cm³/mol. The highest BCUT2D eigenvalue weighted by Crippen LogP contribution is 2.25. The molecule has 68 valence electrons. The number of aromatic hydroxyl groups is 1. The third kappa shape index (κ3) is 0.877. The van der Waals surface area contributed by atoms with Gasteiger partial charge < -0.3 is 5.11 Å². The van der Waals surface area contributed by atoms with Crippen molar-refractivity contribution < 1.29 is 5.11 Å².